The summed E-state index contributed by atoms with van der Waals surface area (Å²) in [5.74, 6) is -3.65. The molecule has 1 fully saturated rings. The monoisotopic (exact) mass is 516 g/mol. The van der Waals surface area contributed by atoms with Gasteiger partial charge in [-0.3, -0.25) is 24.0 Å². The van der Waals surface area contributed by atoms with E-state index in [1.165, 1.54) is 38.1 Å². The topological polar surface area (TPSA) is 163 Å². The molecule has 2 rings (SSSR count). The molecule has 11 nitrogen and oxygen atoms in total. The first-order valence-electron chi connectivity index (χ1n) is 12.2. The Kier molecular flexibility index (Phi) is 10.6. The number of phenolic OH excluding ortho intramolecular Hbond substituents is 1. The highest BCUT2D eigenvalue weighted by Gasteiger charge is 2.34. The van der Waals surface area contributed by atoms with Crippen molar-refractivity contribution in [2.45, 2.75) is 65.3 Å². The van der Waals surface area contributed by atoms with Crippen molar-refractivity contribution in [1.29, 1.82) is 0 Å². The predicted octanol–water partition coefficient (Wildman–Crippen LogP) is 0.623. The molecular formula is C26H36N4O7. The van der Waals surface area contributed by atoms with Crippen LogP contribution in [0.4, 0.5) is 0 Å². The molecule has 37 heavy (non-hydrogen) atoms. The van der Waals surface area contributed by atoms with Gasteiger partial charge in [0.25, 0.3) is 0 Å². The molecule has 5 atom stereocenters. The van der Waals surface area contributed by atoms with Gasteiger partial charge in [0.2, 0.25) is 23.6 Å². The SMILES string of the molecule is CC(C)C[C@@H]1NC(=O)[C@@H](NC(=O)/C=C\c2ccc(O)cc2)[C@@H](C)OC(=O)[C@@H](C)CNC(=O)[C@@H](C)NC1=O. The number of amides is 4. The van der Waals surface area contributed by atoms with Crippen molar-refractivity contribution in [2.75, 3.05) is 6.54 Å². The molecule has 0 bridgehead atoms. The van der Waals surface area contributed by atoms with Crippen LogP contribution >= 0.6 is 0 Å². The molecule has 0 aliphatic carbocycles. The number of hydrogen-bond acceptors (Lipinski definition) is 7. The summed E-state index contributed by atoms with van der Waals surface area (Å²) in [4.78, 5) is 63.8. The molecule has 0 aromatic heterocycles. The van der Waals surface area contributed by atoms with Crippen molar-refractivity contribution in [2.24, 2.45) is 11.8 Å². The lowest BCUT2D eigenvalue weighted by Gasteiger charge is -2.29. The van der Waals surface area contributed by atoms with E-state index in [9.17, 15) is 29.1 Å². The fourth-order valence-corrected chi connectivity index (χ4v) is 3.56. The fraction of sp³-hybridized carbons (Fsp3) is 0.500. The minimum Gasteiger partial charge on any atom is -0.508 e. The van der Waals surface area contributed by atoms with Crippen LogP contribution in [-0.4, -0.2) is 65.5 Å². The largest absolute Gasteiger partial charge is 0.508 e. The zero-order chi connectivity index (χ0) is 27.7. The molecule has 202 valence electrons. The zero-order valence-corrected chi connectivity index (χ0v) is 21.7. The molecule has 1 aliphatic rings. The van der Waals surface area contributed by atoms with Crippen molar-refractivity contribution >= 4 is 35.7 Å². The molecule has 5 N–H and O–H groups in total. The lowest BCUT2D eigenvalue weighted by atomic mass is 10.0. The molecule has 1 aromatic rings. The van der Waals surface area contributed by atoms with Crippen LogP contribution in [0.1, 0.15) is 46.6 Å². The molecule has 0 spiro atoms. The van der Waals surface area contributed by atoms with Gasteiger partial charge in [0.05, 0.1) is 5.92 Å². The summed E-state index contributed by atoms with van der Waals surface area (Å²) in [6.45, 7) is 8.24. The van der Waals surface area contributed by atoms with Crippen molar-refractivity contribution < 1.29 is 33.8 Å². The summed E-state index contributed by atoms with van der Waals surface area (Å²) < 4.78 is 5.45. The number of ether oxygens (including phenoxy) is 1. The first-order chi connectivity index (χ1) is 17.4. The number of phenols is 1. The third-order valence-electron chi connectivity index (χ3n) is 5.75. The summed E-state index contributed by atoms with van der Waals surface area (Å²) in [6, 6.07) is 2.96. The van der Waals surface area contributed by atoms with Crippen LogP contribution in [0.2, 0.25) is 0 Å². The van der Waals surface area contributed by atoms with E-state index >= 15 is 0 Å². The number of nitrogens with one attached hydrogen (secondary N) is 4. The van der Waals surface area contributed by atoms with Crippen molar-refractivity contribution in [3.63, 3.8) is 0 Å². The van der Waals surface area contributed by atoms with Gasteiger partial charge in [-0.25, -0.2) is 0 Å². The first kappa shape index (κ1) is 29.3. The predicted molar refractivity (Wildman–Crippen MR) is 136 cm³/mol. The molecule has 1 aromatic carbocycles. The summed E-state index contributed by atoms with van der Waals surface area (Å²) >= 11 is 0. The van der Waals surface area contributed by atoms with Gasteiger partial charge in [-0.2, -0.15) is 0 Å². The number of rotatable bonds is 5. The molecule has 1 saturated heterocycles. The molecular weight excluding hydrogens is 480 g/mol. The Labute approximate surface area is 216 Å². The average Bonchev–Trinajstić information content (AvgIpc) is 2.83. The summed E-state index contributed by atoms with van der Waals surface area (Å²) in [7, 11) is 0. The quantitative estimate of drug-likeness (QED) is 0.283. The minimum atomic E-state index is -1.30. The van der Waals surface area contributed by atoms with Crippen LogP contribution in [0, 0.1) is 11.8 Å². The number of hydrogen-bond donors (Lipinski definition) is 5. The standard InChI is InChI=1S/C26H36N4O7/c1-14(2)12-20-24(34)28-16(4)23(33)27-13-15(3)26(36)37-17(5)22(25(35)29-20)30-21(32)11-8-18-6-9-19(31)10-7-18/h6-11,14-17,20,22,31H,12-13H2,1-5H3,(H,27,33)(H,28,34)(H,29,35)(H,30,32)/b11-8-/t15-,16+,17+,20-,22-/m0/s1. The maximum absolute atomic E-state index is 13.3. The number of cyclic esters (lactones) is 1. The number of aromatic hydroxyl groups is 1. The second kappa shape index (κ2) is 13.4. The zero-order valence-electron chi connectivity index (χ0n) is 21.7. The highest BCUT2D eigenvalue weighted by atomic mass is 16.5. The van der Waals surface area contributed by atoms with E-state index in [2.05, 4.69) is 21.3 Å². The van der Waals surface area contributed by atoms with Crippen molar-refractivity contribution in [1.82, 2.24) is 21.3 Å². The van der Waals surface area contributed by atoms with Gasteiger partial charge in [-0.1, -0.05) is 32.9 Å². The maximum atomic E-state index is 13.3. The second-order valence-electron chi connectivity index (χ2n) is 9.62. The van der Waals surface area contributed by atoms with Crippen molar-refractivity contribution in [3.8, 4) is 5.75 Å². The maximum Gasteiger partial charge on any atom is 0.310 e. The van der Waals surface area contributed by atoms with Gasteiger partial charge in [-0.05, 0) is 50.0 Å². The summed E-state index contributed by atoms with van der Waals surface area (Å²) in [6.07, 6.45) is 1.89. The lowest BCUT2D eigenvalue weighted by Crippen LogP contribution is -2.59. The lowest BCUT2D eigenvalue weighted by molar-refractivity contribution is -0.156. The Balaban J connectivity index is 2.30. The number of benzene rings is 1. The van der Waals surface area contributed by atoms with Crippen LogP contribution < -0.4 is 21.3 Å². The Bertz CT molecular complexity index is 1020. The molecule has 1 aliphatic heterocycles. The first-order valence-corrected chi connectivity index (χ1v) is 12.2. The number of carbonyl (C=O) groups excluding carboxylic acids is 5. The second-order valence-corrected chi connectivity index (χ2v) is 9.62. The summed E-state index contributed by atoms with van der Waals surface area (Å²) in [5.41, 5.74) is 0.640. The van der Waals surface area contributed by atoms with Crippen LogP contribution in [0.15, 0.2) is 30.3 Å². The van der Waals surface area contributed by atoms with E-state index in [0.717, 1.165) is 0 Å². The molecule has 1 heterocycles. The van der Waals surface area contributed by atoms with Crippen LogP contribution in [0.25, 0.3) is 6.08 Å². The minimum absolute atomic E-state index is 0.0245. The highest BCUT2D eigenvalue weighted by molar-refractivity contribution is 5.97. The van der Waals surface area contributed by atoms with E-state index < -0.39 is 59.7 Å². The molecule has 11 heteroatoms. The number of carbonyl (C=O) groups is 5. The average molecular weight is 517 g/mol. The Morgan fingerprint density at radius 1 is 1.05 bits per heavy atom. The van der Waals surface area contributed by atoms with Gasteiger partial charge >= 0.3 is 5.97 Å². The van der Waals surface area contributed by atoms with E-state index in [4.69, 9.17) is 4.74 Å². The van der Waals surface area contributed by atoms with Gasteiger partial charge in [-0.15, -0.1) is 0 Å². The normalized spacial score (nSPS) is 26.1. The number of esters is 1. The smallest absolute Gasteiger partial charge is 0.310 e. The third kappa shape index (κ3) is 9.25. The molecule has 0 unspecified atom stereocenters. The third-order valence-corrected chi connectivity index (χ3v) is 5.75. The van der Waals surface area contributed by atoms with E-state index in [-0.39, 0.29) is 24.6 Å². The Morgan fingerprint density at radius 3 is 2.32 bits per heavy atom. The van der Waals surface area contributed by atoms with E-state index in [1.807, 2.05) is 13.8 Å². The van der Waals surface area contributed by atoms with Gasteiger partial charge in [0.1, 0.15) is 30.0 Å². The highest BCUT2D eigenvalue weighted by Crippen LogP contribution is 2.12. The van der Waals surface area contributed by atoms with Crippen LogP contribution in [0.5, 0.6) is 5.75 Å². The van der Waals surface area contributed by atoms with Gasteiger partial charge in [0.15, 0.2) is 0 Å². The van der Waals surface area contributed by atoms with Crippen LogP contribution in [0.3, 0.4) is 0 Å². The fourth-order valence-electron chi connectivity index (χ4n) is 3.56. The van der Waals surface area contributed by atoms with Crippen molar-refractivity contribution in [3.05, 3.63) is 35.9 Å². The summed E-state index contributed by atoms with van der Waals surface area (Å²) in [5, 5.41) is 19.8. The van der Waals surface area contributed by atoms with E-state index in [0.29, 0.717) is 5.56 Å². The van der Waals surface area contributed by atoms with E-state index in [1.54, 1.807) is 19.1 Å². The molecule has 4 amide bonds. The molecule has 0 radical (unpaired) electrons. The van der Waals surface area contributed by atoms with Gasteiger partial charge < -0.3 is 31.1 Å². The Morgan fingerprint density at radius 2 is 1.70 bits per heavy atom. The van der Waals surface area contributed by atoms with Crippen LogP contribution in [-0.2, 0) is 28.7 Å². The molecule has 0 saturated carbocycles. The Hall–Kier alpha value is -3.89. The van der Waals surface area contributed by atoms with Gasteiger partial charge in [0, 0.05) is 12.6 Å².